The molecular weight excluding hydrogens is 360 g/mol. The Morgan fingerprint density at radius 2 is 1.57 bits per heavy atom. The quantitative estimate of drug-likeness (QED) is 0.546. The van der Waals surface area contributed by atoms with Crippen LogP contribution in [0.3, 0.4) is 0 Å². The van der Waals surface area contributed by atoms with Crippen molar-refractivity contribution in [3.05, 3.63) is 65.2 Å². The summed E-state index contributed by atoms with van der Waals surface area (Å²) in [6, 6.07) is 13.3. The van der Waals surface area contributed by atoms with Gasteiger partial charge in [-0.2, -0.15) is 0 Å². The van der Waals surface area contributed by atoms with Crippen molar-refractivity contribution < 1.29 is 19.2 Å². The van der Waals surface area contributed by atoms with E-state index >= 15 is 0 Å². The molecule has 0 unspecified atom stereocenters. The van der Waals surface area contributed by atoms with E-state index in [0.29, 0.717) is 23.2 Å². The van der Waals surface area contributed by atoms with E-state index in [0.717, 1.165) is 5.56 Å². The van der Waals surface area contributed by atoms with Gasteiger partial charge in [0.25, 0.3) is 11.8 Å². The highest BCUT2D eigenvalue weighted by atomic mass is 16.2. The SMILES string of the molecule is CCC(=O)Nc1cccc(C(=O)NCc2ccc(C(=O)NCC(N)=O)cc2)c1. The van der Waals surface area contributed by atoms with E-state index in [1.54, 1.807) is 55.5 Å². The van der Waals surface area contributed by atoms with E-state index in [1.165, 1.54) is 0 Å². The van der Waals surface area contributed by atoms with Crippen molar-refractivity contribution >= 4 is 29.3 Å². The lowest BCUT2D eigenvalue weighted by molar-refractivity contribution is -0.117. The summed E-state index contributed by atoms with van der Waals surface area (Å²) in [5.41, 5.74) is 7.16. The molecule has 4 amide bonds. The Labute approximate surface area is 162 Å². The molecule has 2 rings (SSSR count). The van der Waals surface area contributed by atoms with Gasteiger partial charge in [-0.05, 0) is 35.9 Å². The number of benzene rings is 2. The van der Waals surface area contributed by atoms with Gasteiger partial charge >= 0.3 is 0 Å². The first-order valence-corrected chi connectivity index (χ1v) is 8.72. The summed E-state index contributed by atoms with van der Waals surface area (Å²) < 4.78 is 0. The molecule has 0 fully saturated rings. The van der Waals surface area contributed by atoms with E-state index in [2.05, 4.69) is 16.0 Å². The molecule has 0 saturated carbocycles. The van der Waals surface area contributed by atoms with Crippen LogP contribution < -0.4 is 21.7 Å². The van der Waals surface area contributed by atoms with Crippen LogP contribution >= 0.6 is 0 Å². The number of carbonyl (C=O) groups is 4. The fourth-order valence-corrected chi connectivity index (χ4v) is 2.32. The first kappa shape index (κ1) is 20.6. The Bertz CT molecular complexity index is 878. The number of anilines is 1. The summed E-state index contributed by atoms with van der Waals surface area (Å²) in [5.74, 6) is -1.43. The summed E-state index contributed by atoms with van der Waals surface area (Å²) in [6.07, 6.45) is 0.354. The highest BCUT2D eigenvalue weighted by molar-refractivity contribution is 5.97. The number of amides is 4. The Morgan fingerprint density at radius 1 is 0.893 bits per heavy atom. The average Bonchev–Trinajstić information content (AvgIpc) is 2.70. The summed E-state index contributed by atoms with van der Waals surface area (Å²) in [6.45, 7) is 1.79. The van der Waals surface area contributed by atoms with Gasteiger partial charge in [0.1, 0.15) is 0 Å². The predicted molar refractivity (Wildman–Crippen MR) is 105 cm³/mol. The van der Waals surface area contributed by atoms with Crippen molar-refractivity contribution in [2.24, 2.45) is 5.73 Å². The van der Waals surface area contributed by atoms with E-state index in [1.807, 2.05) is 0 Å². The minimum Gasteiger partial charge on any atom is -0.368 e. The zero-order chi connectivity index (χ0) is 20.5. The van der Waals surface area contributed by atoms with E-state index in [9.17, 15) is 19.2 Å². The third kappa shape index (κ3) is 6.24. The van der Waals surface area contributed by atoms with Gasteiger partial charge in [-0.1, -0.05) is 25.1 Å². The Balaban J connectivity index is 1.92. The molecule has 0 saturated heterocycles. The Hall–Kier alpha value is -3.68. The van der Waals surface area contributed by atoms with Crippen molar-refractivity contribution in [1.82, 2.24) is 10.6 Å². The van der Waals surface area contributed by atoms with Gasteiger partial charge in [0.05, 0.1) is 6.54 Å². The molecule has 5 N–H and O–H groups in total. The minimum absolute atomic E-state index is 0.127. The van der Waals surface area contributed by atoms with Gasteiger partial charge in [-0.25, -0.2) is 0 Å². The van der Waals surface area contributed by atoms with Crippen molar-refractivity contribution in [3.63, 3.8) is 0 Å². The number of nitrogens with two attached hydrogens (primary N) is 1. The van der Waals surface area contributed by atoms with Crippen molar-refractivity contribution in [2.45, 2.75) is 19.9 Å². The number of carbonyl (C=O) groups excluding carboxylic acids is 4. The number of hydrogen-bond acceptors (Lipinski definition) is 4. The lowest BCUT2D eigenvalue weighted by atomic mass is 10.1. The molecule has 146 valence electrons. The molecule has 0 aromatic heterocycles. The minimum atomic E-state index is -0.619. The number of primary amides is 1. The Morgan fingerprint density at radius 3 is 2.21 bits per heavy atom. The van der Waals surface area contributed by atoms with Crippen molar-refractivity contribution in [2.75, 3.05) is 11.9 Å². The molecule has 8 heteroatoms. The molecule has 0 aliphatic carbocycles. The number of hydrogen-bond donors (Lipinski definition) is 4. The summed E-state index contributed by atoms with van der Waals surface area (Å²) in [7, 11) is 0. The second-order valence-electron chi connectivity index (χ2n) is 6.01. The van der Waals surface area contributed by atoms with Crippen LogP contribution in [0.4, 0.5) is 5.69 Å². The summed E-state index contributed by atoms with van der Waals surface area (Å²) in [5, 5.41) is 7.89. The summed E-state index contributed by atoms with van der Waals surface area (Å²) >= 11 is 0. The third-order valence-electron chi connectivity index (χ3n) is 3.82. The fourth-order valence-electron chi connectivity index (χ4n) is 2.32. The van der Waals surface area contributed by atoms with E-state index < -0.39 is 11.8 Å². The number of rotatable bonds is 8. The van der Waals surface area contributed by atoms with Gasteiger partial charge in [0.2, 0.25) is 11.8 Å². The molecule has 0 bridgehead atoms. The highest BCUT2D eigenvalue weighted by Crippen LogP contribution is 2.11. The Kier molecular flexibility index (Phi) is 7.27. The predicted octanol–water partition coefficient (Wildman–Crippen LogP) is 1.18. The monoisotopic (exact) mass is 382 g/mol. The van der Waals surface area contributed by atoms with Gasteiger partial charge in [0, 0.05) is 29.8 Å². The average molecular weight is 382 g/mol. The molecule has 0 radical (unpaired) electrons. The second kappa shape index (κ2) is 9.86. The lowest BCUT2D eigenvalue weighted by Gasteiger charge is -2.09. The summed E-state index contributed by atoms with van der Waals surface area (Å²) in [4.78, 5) is 46.3. The van der Waals surface area contributed by atoms with Crippen LogP contribution in [0.1, 0.15) is 39.6 Å². The molecule has 0 spiro atoms. The van der Waals surface area contributed by atoms with Gasteiger partial charge in [-0.3, -0.25) is 19.2 Å². The van der Waals surface area contributed by atoms with Crippen LogP contribution in [0, 0.1) is 0 Å². The molecule has 0 atom stereocenters. The maximum Gasteiger partial charge on any atom is 0.251 e. The van der Waals surface area contributed by atoms with Crippen LogP contribution in [0.25, 0.3) is 0 Å². The molecular formula is C20H22N4O4. The first-order valence-electron chi connectivity index (χ1n) is 8.72. The van der Waals surface area contributed by atoms with Gasteiger partial charge in [-0.15, -0.1) is 0 Å². The van der Waals surface area contributed by atoms with Crippen molar-refractivity contribution in [3.8, 4) is 0 Å². The van der Waals surface area contributed by atoms with E-state index in [4.69, 9.17) is 5.73 Å². The normalized spacial score (nSPS) is 10.0. The van der Waals surface area contributed by atoms with E-state index in [-0.39, 0.29) is 24.9 Å². The molecule has 28 heavy (non-hydrogen) atoms. The van der Waals surface area contributed by atoms with Gasteiger partial charge in [0.15, 0.2) is 0 Å². The van der Waals surface area contributed by atoms with Gasteiger partial charge < -0.3 is 21.7 Å². The van der Waals surface area contributed by atoms with Crippen molar-refractivity contribution in [1.29, 1.82) is 0 Å². The smallest absolute Gasteiger partial charge is 0.251 e. The molecule has 2 aromatic carbocycles. The third-order valence-corrected chi connectivity index (χ3v) is 3.82. The van der Waals surface area contributed by atoms with Crippen LogP contribution in [0.15, 0.2) is 48.5 Å². The van der Waals surface area contributed by atoms with Crippen LogP contribution in [0.2, 0.25) is 0 Å². The number of nitrogens with one attached hydrogen (secondary N) is 3. The molecule has 0 aliphatic rings. The van der Waals surface area contributed by atoms with Crippen LogP contribution in [-0.4, -0.2) is 30.2 Å². The molecule has 0 aliphatic heterocycles. The van der Waals surface area contributed by atoms with Crippen LogP contribution in [0.5, 0.6) is 0 Å². The topological polar surface area (TPSA) is 130 Å². The largest absolute Gasteiger partial charge is 0.368 e. The zero-order valence-electron chi connectivity index (χ0n) is 15.5. The molecule has 2 aromatic rings. The standard InChI is InChI=1S/C20H22N4O4/c1-2-18(26)24-16-5-3-4-15(10-16)20(28)22-11-13-6-8-14(9-7-13)19(27)23-12-17(21)25/h3-10H,2,11-12H2,1H3,(H2,21,25)(H,22,28)(H,23,27)(H,24,26). The first-order chi connectivity index (χ1) is 13.4. The lowest BCUT2D eigenvalue weighted by Crippen LogP contribution is -2.33. The maximum absolute atomic E-state index is 12.3. The molecule has 8 nitrogen and oxygen atoms in total. The fraction of sp³-hybridized carbons (Fsp3) is 0.200. The maximum atomic E-state index is 12.3. The molecule has 0 heterocycles. The van der Waals surface area contributed by atoms with Crippen LogP contribution in [-0.2, 0) is 16.1 Å². The zero-order valence-corrected chi connectivity index (χ0v) is 15.5. The highest BCUT2D eigenvalue weighted by Gasteiger charge is 2.09. The second-order valence-corrected chi connectivity index (χ2v) is 6.01.